The number of likely N-dealkylation sites (tertiary alicyclic amines) is 1. The molecule has 112 valence electrons. The third-order valence-corrected chi connectivity index (χ3v) is 4.62. The number of nitrogens with zero attached hydrogens (tertiary/aromatic N) is 1. The molecule has 0 amide bonds. The Balaban J connectivity index is 1.87. The predicted octanol–water partition coefficient (Wildman–Crippen LogP) is 1.09. The molecule has 0 aromatic rings. The van der Waals surface area contributed by atoms with Crippen molar-refractivity contribution in [1.82, 2.24) is 10.2 Å². The van der Waals surface area contributed by atoms with Crippen molar-refractivity contribution in [3.63, 3.8) is 0 Å². The summed E-state index contributed by atoms with van der Waals surface area (Å²) in [5.41, 5.74) is 0.276. The molecule has 0 aliphatic carbocycles. The fourth-order valence-electron chi connectivity index (χ4n) is 3.26. The second-order valence-corrected chi connectivity index (χ2v) is 6.86. The molecular formula is C15H30N2O2. The van der Waals surface area contributed by atoms with Crippen LogP contribution in [0.1, 0.15) is 33.6 Å². The average Bonchev–Trinajstić information content (AvgIpc) is 2.97. The summed E-state index contributed by atoms with van der Waals surface area (Å²) in [6.45, 7) is 12.4. The van der Waals surface area contributed by atoms with Crippen LogP contribution in [0.5, 0.6) is 0 Å². The van der Waals surface area contributed by atoms with Crippen molar-refractivity contribution in [1.29, 1.82) is 0 Å². The first-order valence-electron chi connectivity index (χ1n) is 7.72. The average molecular weight is 270 g/mol. The number of hydrogen-bond donors (Lipinski definition) is 2. The van der Waals surface area contributed by atoms with Gasteiger partial charge in [0.25, 0.3) is 0 Å². The van der Waals surface area contributed by atoms with Crippen molar-refractivity contribution in [2.75, 3.05) is 39.4 Å². The standard InChI is InChI=1S/C15H30N2O2/c1-12(2)16-9-15(5-7-19-11-15)10-17-6-4-14(8-17)13(3)18/h12-14,16,18H,4-11H2,1-3H3. The molecule has 0 aromatic heterocycles. The number of aliphatic hydroxyl groups is 1. The van der Waals surface area contributed by atoms with E-state index in [-0.39, 0.29) is 11.5 Å². The zero-order chi connectivity index (χ0) is 13.9. The second-order valence-electron chi connectivity index (χ2n) is 6.86. The van der Waals surface area contributed by atoms with E-state index in [9.17, 15) is 5.11 Å². The Kier molecular flexibility index (Phi) is 5.23. The van der Waals surface area contributed by atoms with Gasteiger partial charge in [0, 0.05) is 37.7 Å². The summed E-state index contributed by atoms with van der Waals surface area (Å²) in [7, 11) is 0. The summed E-state index contributed by atoms with van der Waals surface area (Å²) in [4.78, 5) is 2.52. The van der Waals surface area contributed by atoms with E-state index in [4.69, 9.17) is 4.74 Å². The highest BCUT2D eigenvalue weighted by molar-refractivity contribution is 4.91. The molecule has 2 N–H and O–H groups in total. The Bertz CT molecular complexity index is 275. The van der Waals surface area contributed by atoms with E-state index < -0.39 is 0 Å². The van der Waals surface area contributed by atoms with Crippen molar-refractivity contribution >= 4 is 0 Å². The van der Waals surface area contributed by atoms with Gasteiger partial charge in [-0.25, -0.2) is 0 Å². The van der Waals surface area contributed by atoms with Gasteiger partial charge in [0.05, 0.1) is 12.7 Å². The Morgan fingerprint density at radius 1 is 1.42 bits per heavy atom. The summed E-state index contributed by atoms with van der Waals surface area (Å²) >= 11 is 0. The van der Waals surface area contributed by atoms with E-state index in [1.165, 1.54) is 0 Å². The largest absolute Gasteiger partial charge is 0.393 e. The van der Waals surface area contributed by atoms with Gasteiger partial charge in [0.1, 0.15) is 0 Å². The van der Waals surface area contributed by atoms with Crippen LogP contribution in [0.3, 0.4) is 0 Å². The molecule has 0 bridgehead atoms. The van der Waals surface area contributed by atoms with Gasteiger partial charge < -0.3 is 20.1 Å². The van der Waals surface area contributed by atoms with Crippen molar-refractivity contribution in [3.8, 4) is 0 Å². The second kappa shape index (κ2) is 6.53. The minimum Gasteiger partial charge on any atom is -0.393 e. The lowest BCUT2D eigenvalue weighted by molar-refractivity contribution is 0.101. The van der Waals surface area contributed by atoms with Crippen LogP contribution in [0.2, 0.25) is 0 Å². The van der Waals surface area contributed by atoms with E-state index in [1.54, 1.807) is 0 Å². The molecule has 2 rings (SSSR count). The predicted molar refractivity (Wildman–Crippen MR) is 77.2 cm³/mol. The third-order valence-electron chi connectivity index (χ3n) is 4.62. The molecule has 2 aliphatic rings. The fraction of sp³-hybridized carbons (Fsp3) is 1.00. The van der Waals surface area contributed by atoms with Gasteiger partial charge in [-0.05, 0) is 32.2 Å². The van der Waals surface area contributed by atoms with E-state index in [0.29, 0.717) is 12.0 Å². The Morgan fingerprint density at radius 3 is 2.74 bits per heavy atom. The normalized spacial score (nSPS) is 34.3. The first-order valence-corrected chi connectivity index (χ1v) is 7.72. The molecule has 0 radical (unpaired) electrons. The summed E-state index contributed by atoms with van der Waals surface area (Å²) in [6.07, 6.45) is 2.11. The minimum absolute atomic E-state index is 0.172. The highest BCUT2D eigenvalue weighted by Gasteiger charge is 2.38. The maximum Gasteiger partial charge on any atom is 0.0552 e. The number of aliphatic hydroxyl groups excluding tert-OH is 1. The SMILES string of the molecule is CC(C)NCC1(CN2CCC(C(C)O)C2)CCOC1. The zero-order valence-electron chi connectivity index (χ0n) is 12.7. The van der Waals surface area contributed by atoms with Crippen molar-refractivity contribution in [2.24, 2.45) is 11.3 Å². The Hall–Kier alpha value is -0.160. The van der Waals surface area contributed by atoms with E-state index >= 15 is 0 Å². The molecule has 19 heavy (non-hydrogen) atoms. The summed E-state index contributed by atoms with van der Waals surface area (Å²) in [5.74, 6) is 0.456. The molecule has 3 unspecified atom stereocenters. The maximum absolute atomic E-state index is 9.71. The van der Waals surface area contributed by atoms with E-state index in [2.05, 4.69) is 24.1 Å². The van der Waals surface area contributed by atoms with Crippen LogP contribution in [0.15, 0.2) is 0 Å². The fourth-order valence-corrected chi connectivity index (χ4v) is 3.26. The summed E-state index contributed by atoms with van der Waals surface area (Å²) in [6, 6.07) is 0.529. The van der Waals surface area contributed by atoms with Gasteiger partial charge in [-0.2, -0.15) is 0 Å². The van der Waals surface area contributed by atoms with E-state index in [1.807, 2.05) is 6.92 Å². The molecule has 0 saturated carbocycles. The van der Waals surface area contributed by atoms with Crippen LogP contribution in [0.25, 0.3) is 0 Å². The maximum atomic E-state index is 9.71. The van der Waals surface area contributed by atoms with Crippen LogP contribution in [-0.4, -0.2) is 61.5 Å². The summed E-state index contributed by atoms with van der Waals surface area (Å²) in [5, 5.41) is 13.3. The van der Waals surface area contributed by atoms with Gasteiger partial charge in [-0.15, -0.1) is 0 Å². The number of rotatable bonds is 6. The first kappa shape index (κ1) is 15.2. The zero-order valence-corrected chi connectivity index (χ0v) is 12.7. The molecular weight excluding hydrogens is 240 g/mol. The molecule has 2 fully saturated rings. The third kappa shape index (κ3) is 4.15. The van der Waals surface area contributed by atoms with Crippen molar-refractivity contribution < 1.29 is 9.84 Å². The van der Waals surface area contributed by atoms with E-state index in [0.717, 1.165) is 52.2 Å². The lowest BCUT2D eigenvalue weighted by atomic mass is 9.86. The van der Waals surface area contributed by atoms with Gasteiger partial charge in [-0.3, -0.25) is 0 Å². The van der Waals surface area contributed by atoms with Crippen molar-refractivity contribution in [3.05, 3.63) is 0 Å². The summed E-state index contributed by atoms with van der Waals surface area (Å²) < 4.78 is 5.66. The van der Waals surface area contributed by atoms with Crippen LogP contribution in [0, 0.1) is 11.3 Å². The van der Waals surface area contributed by atoms with Gasteiger partial charge in [0.2, 0.25) is 0 Å². The molecule has 2 saturated heterocycles. The highest BCUT2D eigenvalue weighted by Crippen LogP contribution is 2.31. The number of ether oxygens (including phenoxy) is 1. The molecule has 4 nitrogen and oxygen atoms in total. The molecule has 2 heterocycles. The van der Waals surface area contributed by atoms with Gasteiger partial charge in [0.15, 0.2) is 0 Å². The van der Waals surface area contributed by atoms with Crippen LogP contribution in [0.4, 0.5) is 0 Å². The lowest BCUT2D eigenvalue weighted by Crippen LogP contribution is -2.45. The van der Waals surface area contributed by atoms with Crippen molar-refractivity contribution in [2.45, 2.75) is 45.8 Å². The van der Waals surface area contributed by atoms with Crippen LogP contribution < -0.4 is 5.32 Å². The first-order chi connectivity index (χ1) is 9.01. The Labute approximate surface area is 117 Å². The number of nitrogens with one attached hydrogen (secondary N) is 1. The Morgan fingerprint density at radius 2 is 2.21 bits per heavy atom. The van der Waals surface area contributed by atoms with Crippen LogP contribution >= 0.6 is 0 Å². The van der Waals surface area contributed by atoms with Crippen LogP contribution in [-0.2, 0) is 4.74 Å². The molecule has 0 spiro atoms. The molecule has 3 atom stereocenters. The monoisotopic (exact) mass is 270 g/mol. The topological polar surface area (TPSA) is 44.7 Å². The molecule has 4 heteroatoms. The van der Waals surface area contributed by atoms with Gasteiger partial charge in [-0.1, -0.05) is 13.8 Å². The highest BCUT2D eigenvalue weighted by atomic mass is 16.5. The quantitative estimate of drug-likeness (QED) is 0.758. The molecule has 2 aliphatic heterocycles. The lowest BCUT2D eigenvalue weighted by Gasteiger charge is -2.33. The number of hydrogen-bond acceptors (Lipinski definition) is 4. The smallest absolute Gasteiger partial charge is 0.0552 e. The van der Waals surface area contributed by atoms with Gasteiger partial charge >= 0.3 is 0 Å². The minimum atomic E-state index is -0.172. The molecule has 0 aromatic carbocycles.